The van der Waals surface area contributed by atoms with E-state index in [-0.39, 0.29) is 17.4 Å². The SMILES string of the molecule is CC1(C)CC1NC(=O)c1n[nH]c(C2CC2)c1N. The van der Waals surface area contributed by atoms with Crippen molar-refractivity contribution in [3.05, 3.63) is 11.4 Å². The maximum atomic E-state index is 12.0. The molecule has 1 aromatic heterocycles. The van der Waals surface area contributed by atoms with Crippen molar-refractivity contribution in [2.45, 2.75) is 45.1 Å². The Morgan fingerprint density at radius 2 is 2.18 bits per heavy atom. The highest BCUT2D eigenvalue weighted by molar-refractivity contribution is 5.98. The molecule has 0 aliphatic heterocycles. The molecule has 2 aliphatic carbocycles. The molecule has 0 spiro atoms. The Balaban J connectivity index is 1.73. The molecule has 4 N–H and O–H groups in total. The zero-order valence-corrected chi connectivity index (χ0v) is 10.2. The Kier molecular flexibility index (Phi) is 2.03. The first-order valence-corrected chi connectivity index (χ1v) is 6.13. The van der Waals surface area contributed by atoms with Gasteiger partial charge in [0.1, 0.15) is 0 Å². The third-order valence-electron chi connectivity index (χ3n) is 3.85. The third-order valence-corrected chi connectivity index (χ3v) is 3.85. The molecule has 2 aliphatic rings. The lowest BCUT2D eigenvalue weighted by molar-refractivity contribution is 0.0942. The van der Waals surface area contributed by atoms with Crippen LogP contribution in [0.15, 0.2) is 0 Å². The minimum absolute atomic E-state index is 0.152. The van der Waals surface area contributed by atoms with Crippen LogP contribution in [-0.4, -0.2) is 22.1 Å². The number of hydrogen-bond acceptors (Lipinski definition) is 3. The van der Waals surface area contributed by atoms with Gasteiger partial charge in [-0.25, -0.2) is 0 Å². The lowest BCUT2D eigenvalue weighted by Crippen LogP contribution is -2.29. The fraction of sp³-hybridized carbons (Fsp3) is 0.667. The van der Waals surface area contributed by atoms with E-state index in [1.165, 1.54) is 0 Å². The first-order chi connectivity index (χ1) is 7.99. The molecule has 5 nitrogen and oxygen atoms in total. The number of nitrogen functional groups attached to an aromatic ring is 1. The van der Waals surface area contributed by atoms with Gasteiger partial charge in [-0.1, -0.05) is 13.8 Å². The summed E-state index contributed by atoms with van der Waals surface area (Å²) in [5.74, 6) is 0.336. The van der Waals surface area contributed by atoms with E-state index in [9.17, 15) is 4.79 Å². The highest BCUT2D eigenvalue weighted by Crippen LogP contribution is 2.45. The largest absolute Gasteiger partial charge is 0.395 e. The van der Waals surface area contributed by atoms with E-state index in [0.29, 0.717) is 17.3 Å². The zero-order chi connectivity index (χ0) is 12.2. The third kappa shape index (κ3) is 1.79. The van der Waals surface area contributed by atoms with Crippen LogP contribution in [0, 0.1) is 5.41 Å². The summed E-state index contributed by atoms with van der Waals surface area (Å²) in [6, 6.07) is 0.260. The summed E-state index contributed by atoms with van der Waals surface area (Å²) in [7, 11) is 0. The van der Waals surface area contributed by atoms with Crippen molar-refractivity contribution in [1.82, 2.24) is 15.5 Å². The van der Waals surface area contributed by atoms with E-state index in [0.717, 1.165) is 25.0 Å². The molecule has 3 rings (SSSR count). The van der Waals surface area contributed by atoms with Crippen molar-refractivity contribution in [1.29, 1.82) is 0 Å². The van der Waals surface area contributed by atoms with E-state index < -0.39 is 0 Å². The standard InChI is InChI=1S/C12H18N4O/c1-12(2)5-7(12)14-11(17)10-8(13)9(15-16-10)6-3-4-6/h6-7H,3-5,13H2,1-2H3,(H,14,17)(H,15,16). The predicted octanol–water partition coefficient (Wildman–Crippen LogP) is 1.40. The van der Waals surface area contributed by atoms with Gasteiger partial charge in [-0.3, -0.25) is 9.89 Å². The Morgan fingerprint density at radius 1 is 1.53 bits per heavy atom. The molecule has 0 bridgehead atoms. The Labute approximate surface area is 100 Å². The Bertz CT molecular complexity index is 473. The second-order valence-corrected chi connectivity index (χ2v) is 5.89. The van der Waals surface area contributed by atoms with Crippen molar-refractivity contribution in [3.8, 4) is 0 Å². The number of nitrogens with two attached hydrogens (primary N) is 1. The normalized spacial score (nSPS) is 25.6. The van der Waals surface area contributed by atoms with E-state index in [4.69, 9.17) is 5.73 Å². The highest BCUT2D eigenvalue weighted by atomic mass is 16.2. The topological polar surface area (TPSA) is 83.8 Å². The van der Waals surface area contributed by atoms with Crippen molar-refractivity contribution >= 4 is 11.6 Å². The molecule has 5 heteroatoms. The van der Waals surface area contributed by atoms with Gasteiger partial charge in [0.25, 0.3) is 5.91 Å². The molecule has 1 atom stereocenters. The average Bonchev–Trinajstić information content (AvgIpc) is 3.12. The minimum atomic E-state index is -0.152. The summed E-state index contributed by atoms with van der Waals surface area (Å²) in [4.78, 5) is 12.0. The summed E-state index contributed by atoms with van der Waals surface area (Å²) >= 11 is 0. The van der Waals surface area contributed by atoms with Crippen LogP contribution < -0.4 is 11.1 Å². The second kappa shape index (κ2) is 3.24. The minimum Gasteiger partial charge on any atom is -0.395 e. The van der Waals surface area contributed by atoms with Gasteiger partial charge in [0.2, 0.25) is 0 Å². The van der Waals surface area contributed by atoms with E-state index >= 15 is 0 Å². The number of nitrogens with one attached hydrogen (secondary N) is 2. The van der Waals surface area contributed by atoms with Gasteiger partial charge >= 0.3 is 0 Å². The number of rotatable bonds is 3. The van der Waals surface area contributed by atoms with Crippen molar-refractivity contribution in [2.24, 2.45) is 5.41 Å². The van der Waals surface area contributed by atoms with E-state index in [2.05, 4.69) is 29.4 Å². The maximum Gasteiger partial charge on any atom is 0.274 e. The number of H-pyrrole nitrogens is 1. The molecule has 0 aromatic carbocycles. The number of nitrogens with zero attached hydrogens (tertiary/aromatic N) is 1. The van der Waals surface area contributed by atoms with E-state index in [1.54, 1.807) is 0 Å². The Hall–Kier alpha value is -1.52. The van der Waals surface area contributed by atoms with Crippen LogP contribution in [0.4, 0.5) is 5.69 Å². The molecule has 2 fully saturated rings. The van der Waals surface area contributed by atoms with Gasteiger partial charge in [0.05, 0.1) is 11.4 Å². The number of amides is 1. The van der Waals surface area contributed by atoms with Crippen molar-refractivity contribution in [2.75, 3.05) is 5.73 Å². The first-order valence-electron chi connectivity index (χ1n) is 6.13. The Morgan fingerprint density at radius 3 is 2.71 bits per heavy atom. The molecule has 92 valence electrons. The van der Waals surface area contributed by atoms with Crippen LogP contribution in [0.2, 0.25) is 0 Å². The summed E-state index contributed by atoms with van der Waals surface area (Å²) in [5.41, 5.74) is 8.00. The number of carbonyl (C=O) groups excluding carboxylic acids is 1. The molecular formula is C12H18N4O. The van der Waals surface area contributed by atoms with Gasteiger partial charge in [0.15, 0.2) is 5.69 Å². The van der Waals surface area contributed by atoms with Crippen LogP contribution in [0.25, 0.3) is 0 Å². The van der Waals surface area contributed by atoms with Gasteiger partial charge < -0.3 is 11.1 Å². The van der Waals surface area contributed by atoms with E-state index in [1.807, 2.05) is 0 Å². The molecule has 1 unspecified atom stereocenters. The molecule has 17 heavy (non-hydrogen) atoms. The maximum absolute atomic E-state index is 12.0. The predicted molar refractivity (Wildman–Crippen MR) is 64.6 cm³/mol. The van der Waals surface area contributed by atoms with Gasteiger partial charge in [-0.2, -0.15) is 5.10 Å². The molecular weight excluding hydrogens is 216 g/mol. The fourth-order valence-corrected chi connectivity index (χ4v) is 2.16. The first kappa shape index (κ1) is 10.6. The number of carbonyl (C=O) groups is 1. The summed E-state index contributed by atoms with van der Waals surface area (Å²) in [5, 5.41) is 9.91. The molecule has 2 saturated carbocycles. The monoisotopic (exact) mass is 234 g/mol. The number of anilines is 1. The smallest absolute Gasteiger partial charge is 0.274 e. The van der Waals surface area contributed by atoms with Crippen LogP contribution in [0.3, 0.4) is 0 Å². The molecule has 1 aromatic rings. The summed E-state index contributed by atoms with van der Waals surface area (Å²) in [6.07, 6.45) is 3.31. The van der Waals surface area contributed by atoms with Gasteiger partial charge in [-0.15, -0.1) is 0 Å². The van der Waals surface area contributed by atoms with Crippen LogP contribution >= 0.6 is 0 Å². The van der Waals surface area contributed by atoms with Crippen LogP contribution in [0.1, 0.15) is 55.2 Å². The fourth-order valence-electron chi connectivity index (χ4n) is 2.16. The number of hydrogen-bond donors (Lipinski definition) is 3. The quantitative estimate of drug-likeness (QED) is 0.739. The molecule has 0 saturated heterocycles. The van der Waals surface area contributed by atoms with Gasteiger partial charge in [0, 0.05) is 12.0 Å². The number of aromatic nitrogens is 2. The lowest BCUT2D eigenvalue weighted by atomic mass is 10.2. The summed E-state index contributed by atoms with van der Waals surface area (Å²) < 4.78 is 0. The molecule has 1 heterocycles. The number of aromatic amines is 1. The highest BCUT2D eigenvalue weighted by Gasteiger charge is 2.47. The van der Waals surface area contributed by atoms with Crippen LogP contribution in [0.5, 0.6) is 0 Å². The molecule has 0 radical (unpaired) electrons. The second-order valence-electron chi connectivity index (χ2n) is 5.89. The van der Waals surface area contributed by atoms with Gasteiger partial charge in [-0.05, 0) is 24.7 Å². The van der Waals surface area contributed by atoms with Crippen molar-refractivity contribution < 1.29 is 4.79 Å². The van der Waals surface area contributed by atoms with Crippen molar-refractivity contribution in [3.63, 3.8) is 0 Å². The lowest BCUT2D eigenvalue weighted by Gasteiger charge is -2.05. The summed E-state index contributed by atoms with van der Waals surface area (Å²) in [6.45, 7) is 4.28. The average molecular weight is 234 g/mol. The zero-order valence-electron chi connectivity index (χ0n) is 10.2. The van der Waals surface area contributed by atoms with Crippen LogP contribution in [-0.2, 0) is 0 Å². The molecule has 1 amide bonds.